The molecule has 2 rings (SSSR count). The van der Waals surface area contributed by atoms with E-state index in [9.17, 15) is 0 Å². The Labute approximate surface area is 92.8 Å². The minimum atomic E-state index is 0.381. The second-order valence-corrected chi connectivity index (χ2v) is 4.82. The molecule has 0 radical (unpaired) electrons. The van der Waals surface area contributed by atoms with E-state index in [1.54, 1.807) is 12.4 Å². The van der Waals surface area contributed by atoms with Gasteiger partial charge in [-0.2, -0.15) is 0 Å². The first-order valence-corrected chi connectivity index (χ1v) is 5.82. The topological polar surface area (TPSA) is 22.1 Å². The van der Waals surface area contributed by atoms with Crippen LogP contribution in [0.4, 0.5) is 0 Å². The summed E-state index contributed by atoms with van der Waals surface area (Å²) in [5.41, 5.74) is 0. The molecule has 1 aliphatic carbocycles. The molecule has 1 aromatic heterocycles. The van der Waals surface area contributed by atoms with Crippen molar-refractivity contribution in [1.29, 1.82) is 0 Å². The number of halogens is 1. The highest BCUT2D eigenvalue weighted by molar-refractivity contribution is 9.10. The van der Waals surface area contributed by atoms with E-state index in [-0.39, 0.29) is 0 Å². The van der Waals surface area contributed by atoms with Crippen LogP contribution in [0.2, 0.25) is 0 Å². The number of pyridine rings is 1. The lowest BCUT2D eigenvalue weighted by Crippen LogP contribution is -2.18. The zero-order valence-electron chi connectivity index (χ0n) is 8.24. The van der Waals surface area contributed by atoms with Gasteiger partial charge in [-0.05, 0) is 47.2 Å². The molecule has 76 valence electrons. The van der Waals surface area contributed by atoms with Gasteiger partial charge in [0.2, 0.25) is 0 Å². The van der Waals surface area contributed by atoms with Gasteiger partial charge in [0.15, 0.2) is 0 Å². The van der Waals surface area contributed by atoms with Crippen LogP contribution < -0.4 is 4.74 Å². The number of aromatic nitrogens is 1. The van der Waals surface area contributed by atoms with E-state index in [1.807, 2.05) is 6.07 Å². The van der Waals surface area contributed by atoms with Crippen LogP contribution in [0.15, 0.2) is 22.9 Å². The van der Waals surface area contributed by atoms with Crippen LogP contribution in [0.1, 0.15) is 26.2 Å². The summed E-state index contributed by atoms with van der Waals surface area (Å²) in [6.45, 7) is 2.25. The fourth-order valence-electron chi connectivity index (χ4n) is 1.92. The summed E-state index contributed by atoms with van der Waals surface area (Å²) in [6.07, 6.45) is 7.67. The zero-order chi connectivity index (χ0) is 9.97. The second kappa shape index (κ2) is 4.30. The predicted octanol–water partition coefficient (Wildman–Crippen LogP) is 3.41. The lowest BCUT2D eigenvalue weighted by Gasteiger charge is -2.17. The molecule has 1 saturated carbocycles. The van der Waals surface area contributed by atoms with Crippen LogP contribution >= 0.6 is 15.9 Å². The fourth-order valence-corrected chi connectivity index (χ4v) is 2.26. The van der Waals surface area contributed by atoms with E-state index in [1.165, 1.54) is 19.3 Å². The van der Waals surface area contributed by atoms with Crippen molar-refractivity contribution in [2.45, 2.75) is 32.3 Å². The summed E-state index contributed by atoms with van der Waals surface area (Å²) in [7, 11) is 0. The normalized spacial score (nSPS) is 26.4. The van der Waals surface area contributed by atoms with Gasteiger partial charge in [0, 0.05) is 10.7 Å². The summed E-state index contributed by atoms with van der Waals surface area (Å²) >= 11 is 3.38. The molecule has 0 aliphatic heterocycles. The monoisotopic (exact) mass is 255 g/mol. The third-order valence-corrected chi connectivity index (χ3v) is 3.18. The highest BCUT2D eigenvalue weighted by atomic mass is 79.9. The number of ether oxygens (including phenoxy) is 1. The first-order chi connectivity index (χ1) is 6.75. The van der Waals surface area contributed by atoms with E-state index in [2.05, 4.69) is 27.8 Å². The Bertz CT molecular complexity index is 316. The Morgan fingerprint density at radius 3 is 2.93 bits per heavy atom. The Kier molecular flexibility index (Phi) is 3.06. The molecule has 14 heavy (non-hydrogen) atoms. The molecule has 2 unspecified atom stereocenters. The van der Waals surface area contributed by atoms with Crippen molar-refractivity contribution >= 4 is 15.9 Å². The summed E-state index contributed by atoms with van der Waals surface area (Å²) in [5.74, 6) is 1.55. The lowest BCUT2D eigenvalue weighted by atomic mass is 10.1. The molecular weight excluding hydrogens is 242 g/mol. The van der Waals surface area contributed by atoms with Crippen LogP contribution in [0, 0.1) is 5.92 Å². The van der Waals surface area contributed by atoms with Crippen LogP contribution in [-0.4, -0.2) is 11.1 Å². The SMILES string of the molecule is CC1CCCC1Oc1cncc(Br)c1. The quantitative estimate of drug-likeness (QED) is 0.808. The average molecular weight is 256 g/mol. The van der Waals surface area contributed by atoms with Crippen molar-refractivity contribution < 1.29 is 4.74 Å². The maximum Gasteiger partial charge on any atom is 0.139 e. The van der Waals surface area contributed by atoms with Gasteiger partial charge in [-0.15, -0.1) is 0 Å². The molecule has 0 aromatic carbocycles. The van der Waals surface area contributed by atoms with E-state index >= 15 is 0 Å². The predicted molar refractivity (Wildman–Crippen MR) is 59.4 cm³/mol. The highest BCUT2D eigenvalue weighted by Crippen LogP contribution is 2.29. The van der Waals surface area contributed by atoms with E-state index in [4.69, 9.17) is 4.74 Å². The van der Waals surface area contributed by atoms with Crippen molar-refractivity contribution in [3.8, 4) is 5.75 Å². The summed E-state index contributed by atoms with van der Waals surface area (Å²) < 4.78 is 6.85. The van der Waals surface area contributed by atoms with Crippen LogP contribution in [0.25, 0.3) is 0 Å². The maximum absolute atomic E-state index is 5.88. The Hall–Kier alpha value is -0.570. The molecule has 1 aromatic rings. The molecule has 0 amide bonds. The van der Waals surface area contributed by atoms with Gasteiger partial charge >= 0.3 is 0 Å². The molecule has 3 heteroatoms. The summed E-state index contributed by atoms with van der Waals surface area (Å²) in [5, 5.41) is 0. The minimum Gasteiger partial charge on any atom is -0.489 e. The largest absolute Gasteiger partial charge is 0.489 e. The van der Waals surface area contributed by atoms with Gasteiger partial charge in [0.25, 0.3) is 0 Å². The molecule has 0 saturated heterocycles. The number of rotatable bonds is 2. The standard InChI is InChI=1S/C11H14BrNO/c1-8-3-2-4-11(8)14-10-5-9(12)6-13-7-10/h5-8,11H,2-4H2,1H3. The van der Waals surface area contributed by atoms with Crippen LogP contribution in [0.3, 0.4) is 0 Å². The molecule has 0 spiro atoms. The Morgan fingerprint density at radius 2 is 2.29 bits per heavy atom. The number of hydrogen-bond acceptors (Lipinski definition) is 2. The van der Waals surface area contributed by atoms with E-state index in [0.29, 0.717) is 12.0 Å². The summed E-state index contributed by atoms with van der Waals surface area (Å²) in [6, 6.07) is 1.97. The molecule has 0 N–H and O–H groups in total. The van der Waals surface area contributed by atoms with Gasteiger partial charge in [0.05, 0.1) is 6.20 Å². The summed E-state index contributed by atoms with van der Waals surface area (Å²) in [4.78, 5) is 4.08. The maximum atomic E-state index is 5.88. The fraction of sp³-hybridized carbons (Fsp3) is 0.545. The van der Waals surface area contributed by atoms with Gasteiger partial charge in [-0.3, -0.25) is 4.98 Å². The van der Waals surface area contributed by atoms with Crippen molar-refractivity contribution in [3.63, 3.8) is 0 Å². The molecule has 0 bridgehead atoms. The third kappa shape index (κ3) is 2.27. The molecular formula is C11H14BrNO. The lowest BCUT2D eigenvalue weighted by molar-refractivity contribution is 0.167. The molecule has 2 atom stereocenters. The number of hydrogen-bond donors (Lipinski definition) is 0. The van der Waals surface area contributed by atoms with Gasteiger partial charge in [0.1, 0.15) is 11.9 Å². The first kappa shape index (κ1) is 9.97. The van der Waals surface area contributed by atoms with Crippen molar-refractivity contribution in [2.75, 3.05) is 0 Å². The van der Waals surface area contributed by atoms with Gasteiger partial charge in [-0.1, -0.05) is 6.92 Å². The molecule has 2 nitrogen and oxygen atoms in total. The van der Waals surface area contributed by atoms with Gasteiger partial charge in [-0.25, -0.2) is 0 Å². The molecule has 1 aliphatic rings. The Morgan fingerprint density at radius 1 is 1.43 bits per heavy atom. The van der Waals surface area contributed by atoms with Crippen molar-refractivity contribution in [3.05, 3.63) is 22.9 Å². The van der Waals surface area contributed by atoms with Crippen molar-refractivity contribution in [2.24, 2.45) is 5.92 Å². The second-order valence-electron chi connectivity index (χ2n) is 3.90. The number of nitrogens with zero attached hydrogens (tertiary/aromatic N) is 1. The molecule has 1 heterocycles. The van der Waals surface area contributed by atoms with Crippen LogP contribution in [0.5, 0.6) is 5.75 Å². The molecule has 1 fully saturated rings. The smallest absolute Gasteiger partial charge is 0.139 e. The van der Waals surface area contributed by atoms with E-state index in [0.717, 1.165) is 10.2 Å². The average Bonchev–Trinajstić information content (AvgIpc) is 2.52. The third-order valence-electron chi connectivity index (χ3n) is 2.75. The first-order valence-electron chi connectivity index (χ1n) is 5.03. The van der Waals surface area contributed by atoms with Crippen LogP contribution in [-0.2, 0) is 0 Å². The van der Waals surface area contributed by atoms with Gasteiger partial charge < -0.3 is 4.74 Å². The van der Waals surface area contributed by atoms with Crippen molar-refractivity contribution in [1.82, 2.24) is 4.98 Å². The minimum absolute atomic E-state index is 0.381. The Balaban J connectivity index is 2.03. The van der Waals surface area contributed by atoms with E-state index < -0.39 is 0 Å². The zero-order valence-corrected chi connectivity index (χ0v) is 9.83. The highest BCUT2D eigenvalue weighted by Gasteiger charge is 2.24.